The van der Waals surface area contributed by atoms with Gasteiger partial charge in [0, 0.05) is 0 Å². The first-order valence-corrected chi connectivity index (χ1v) is 7.23. The summed E-state index contributed by atoms with van der Waals surface area (Å²) in [4.78, 5) is 12.4. The second-order valence-electron chi connectivity index (χ2n) is 4.86. The van der Waals surface area contributed by atoms with Gasteiger partial charge in [-0.1, -0.05) is 24.3 Å². The summed E-state index contributed by atoms with van der Waals surface area (Å²) in [5.41, 5.74) is 3.48. The molecule has 0 aliphatic heterocycles. The topological polar surface area (TPSA) is 65.8 Å². The highest BCUT2D eigenvalue weighted by molar-refractivity contribution is 7.10. The molecule has 0 saturated carbocycles. The van der Waals surface area contributed by atoms with Crippen molar-refractivity contribution in [1.29, 1.82) is 5.26 Å². The molecule has 1 aliphatic rings. The summed E-state index contributed by atoms with van der Waals surface area (Å²) in [6.45, 7) is 1.77. The van der Waals surface area contributed by atoms with Crippen molar-refractivity contribution in [3.8, 4) is 6.07 Å². The molecule has 1 amide bonds. The van der Waals surface area contributed by atoms with E-state index >= 15 is 0 Å². The number of hydrogen-bond acceptors (Lipinski definition) is 4. The van der Waals surface area contributed by atoms with Crippen molar-refractivity contribution in [3.05, 3.63) is 46.6 Å². The van der Waals surface area contributed by atoms with Crippen molar-refractivity contribution < 1.29 is 4.79 Å². The van der Waals surface area contributed by atoms with E-state index in [1.807, 2.05) is 18.2 Å². The average molecular weight is 283 g/mol. The van der Waals surface area contributed by atoms with Crippen LogP contribution >= 0.6 is 11.5 Å². The predicted octanol–water partition coefficient (Wildman–Crippen LogP) is 2.99. The van der Waals surface area contributed by atoms with Gasteiger partial charge in [0.05, 0.1) is 11.6 Å². The molecule has 100 valence electrons. The molecule has 5 heteroatoms. The number of fused-ring (bicyclic) bond motifs is 1. The number of carbonyl (C=O) groups is 1. The highest BCUT2D eigenvalue weighted by atomic mass is 32.1. The van der Waals surface area contributed by atoms with E-state index in [4.69, 9.17) is 5.26 Å². The third kappa shape index (κ3) is 2.08. The first-order valence-electron chi connectivity index (χ1n) is 6.45. The molecule has 0 spiro atoms. The van der Waals surface area contributed by atoms with Gasteiger partial charge in [0.1, 0.15) is 16.6 Å². The lowest BCUT2D eigenvalue weighted by Gasteiger charge is -2.11. The maximum Gasteiger partial charge on any atom is 0.232 e. The Morgan fingerprint density at radius 1 is 1.50 bits per heavy atom. The van der Waals surface area contributed by atoms with Crippen LogP contribution in [0.15, 0.2) is 24.3 Å². The number of benzene rings is 1. The Morgan fingerprint density at radius 2 is 2.30 bits per heavy atom. The fourth-order valence-corrected chi connectivity index (χ4v) is 3.37. The van der Waals surface area contributed by atoms with Gasteiger partial charge in [-0.25, -0.2) is 0 Å². The van der Waals surface area contributed by atoms with E-state index in [1.165, 1.54) is 5.56 Å². The molecule has 1 heterocycles. The van der Waals surface area contributed by atoms with E-state index in [1.54, 1.807) is 6.92 Å². The van der Waals surface area contributed by atoms with Gasteiger partial charge >= 0.3 is 0 Å². The van der Waals surface area contributed by atoms with Crippen molar-refractivity contribution in [1.82, 2.24) is 4.37 Å². The standard InChI is InChI=1S/C15H13N3OS/c1-9-13(8-16)15(20-18-9)17-14(19)12-7-6-10-4-2-3-5-11(10)12/h2-5,12H,6-7H2,1H3,(H,17,19). The Bertz CT molecular complexity index is 714. The summed E-state index contributed by atoms with van der Waals surface area (Å²) in [5, 5.41) is 12.5. The first-order chi connectivity index (χ1) is 9.70. The van der Waals surface area contributed by atoms with E-state index in [9.17, 15) is 4.79 Å². The Morgan fingerprint density at radius 3 is 3.10 bits per heavy atom. The third-order valence-corrected chi connectivity index (χ3v) is 4.51. The van der Waals surface area contributed by atoms with Crippen molar-refractivity contribution in [2.75, 3.05) is 5.32 Å². The van der Waals surface area contributed by atoms with Crippen LogP contribution in [-0.2, 0) is 11.2 Å². The molecular weight excluding hydrogens is 270 g/mol. The molecule has 1 aliphatic carbocycles. The van der Waals surface area contributed by atoms with Gasteiger partial charge in [0.25, 0.3) is 0 Å². The molecule has 1 N–H and O–H groups in total. The minimum absolute atomic E-state index is 0.0462. The molecule has 0 saturated heterocycles. The lowest BCUT2D eigenvalue weighted by atomic mass is 10.0. The summed E-state index contributed by atoms with van der Waals surface area (Å²) in [6.07, 6.45) is 1.76. The zero-order valence-electron chi connectivity index (χ0n) is 11.0. The van der Waals surface area contributed by atoms with Crippen LogP contribution < -0.4 is 5.32 Å². The van der Waals surface area contributed by atoms with Crippen LogP contribution in [0, 0.1) is 18.3 Å². The number of hydrogen-bond donors (Lipinski definition) is 1. The van der Waals surface area contributed by atoms with Crippen LogP contribution in [0.3, 0.4) is 0 Å². The van der Waals surface area contributed by atoms with Crippen LogP contribution in [0.5, 0.6) is 0 Å². The van der Waals surface area contributed by atoms with Gasteiger partial charge in [0.2, 0.25) is 5.91 Å². The fraction of sp³-hybridized carbons (Fsp3) is 0.267. The third-order valence-electron chi connectivity index (χ3n) is 3.66. The summed E-state index contributed by atoms with van der Waals surface area (Å²) < 4.78 is 4.12. The summed E-state index contributed by atoms with van der Waals surface area (Å²) in [6, 6.07) is 10.1. The molecule has 4 nitrogen and oxygen atoms in total. The Labute approximate surface area is 121 Å². The maximum absolute atomic E-state index is 12.4. The van der Waals surface area contributed by atoms with Crippen LogP contribution in [-0.4, -0.2) is 10.3 Å². The van der Waals surface area contributed by atoms with Crippen LogP contribution in [0.2, 0.25) is 0 Å². The quantitative estimate of drug-likeness (QED) is 0.921. The van der Waals surface area contributed by atoms with Gasteiger partial charge in [0.15, 0.2) is 0 Å². The van der Waals surface area contributed by atoms with Gasteiger partial charge in [-0.3, -0.25) is 4.79 Å². The average Bonchev–Trinajstić information content (AvgIpc) is 3.02. The molecule has 1 aromatic carbocycles. The fourth-order valence-electron chi connectivity index (χ4n) is 2.62. The number of nitriles is 1. The molecule has 1 unspecified atom stereocenters. The van der Waals surface area contributed by atoms with E-state index in [2.05, 4.69) is 21.8 Å². The second kappa shape index (κ2) is 5.06. The molecule has 3 rings (SSSR count). The zero-order valence-corrected chi connectivity index (χ0v) is 11.8. The molecule has 1 atom stereocenters. The number of anilines is 1. The Balaban J connectivity index is 1.83. The minimum Gasteiger partial charge on any atom is -0.315 e. The van der Waals surface area contributed by atoms with E-state index in [0.717, 1.165) is 29.9 Å². The Kier molecular flexibility index (Phi) is 3.25. The summed E-state index contributed by atoms with van der Waals surface area (Å²) in [5.74, 6) is -0.171. The molecule has 0 radical (unpaired) electrons. The van der Waals surface area contributed by atoms with Crippen molar-refractivity contribution in [2.24, 2.45) is 0 Å². The van der Waals surface area contributed by atoms with Crippen molar-refractivity contribution >= 4 is 22.4 Å². The summed E-state index contributed by atoms with van der Waals surface area (Å²) >= 11 is 1.16. The van der Waals surface area contributed by atoms with E-state index in [-0.39, 0.29) is 11.8 Å². The first kappa shape index (κ1) is 12.8. The minimum atomic E-state index is -0.125. The van der Waals surface area contributed by atoms with Crippen LogP contribution in [0.1, 0.15) is 34.7 Å². The molecule has 0 fully saturated rings. The van der Waals surface area contributed by atoms with E-state index < -0.39 is 0 Å². The van der Waals surface area contributed by atoms with Crippen LogP contribution in [0.25, 0.3) is 0 Å². The largest absolute Gasteiger partial charge is 0.315 e. The highest BCUT2D eigenvalue weighted by Crippen LogP contribution is 2.34. The molecule has 2 aromatic rings. The number of aryl methyl sites for hydroxylation is 2. The second-order valence-corrected chi connectivity index (χ2v) is 5.64. The van der Waals surface area contributed by atoms with Gasteiger partial charge < -0.3 is 5.32 Å². The molecule has 0 bridgehead atoms. The SMILES string of the molecule is Cc1nsc(NC(=O)C2CCc3ccccc32)c1C#N. The number of nitrogens with zero attached hydrogens (tertiary/aromatic N) is 2. The van der Waals surface area contributed by atoms with Crippen LogP contribution in [0.4, 0.5) is 5.00 Å². The van der Waals surface area contributed by atoms with Gasteiger partial charge in [-0.2, -0.15) is 9.64 Å². The maximum atomic E-state index is 12.4. The smallest absolute Gasteiger partial charge is 0.232 e. The predicted molar refractivity (Wildman–Crippen MR) is 77.7 cm³/mol. The monoisotopic (exact) mass is 283 g/mol. The summed E-state index contributed by atoms with van der Waals surface area (Å²) in [7, 11) is 0. The van der Waals surface area contributed by atoms with Crippen molar-refractivity contribution in [3.63, 3.8) is 0 Å². The highest BCUT2D eigenvalue weighted by Gasteiger charge is 2.29. The number of nitrogens with one attached hydrogen (secondary N) is 1. The number of carbonyl (C=O) groups excluding carboxylic acids is 1. The zero-order chi connectivity index (χ0) is 14.1. The molecule has 20 heavy (non-hydrogen) atoms. The Hall–Kier alpha value is -2.19. The number of rotatable bonds is 2. The van der Waals surface area contributed by atoms with Crippen molar-refractivity contribution in [2.45, 2.75) is 25.7 Å². The molecule has 1 aromatic heterocycles. The van der Waals surface area contributed by atoms with Gasteiger partial charge in [-0.05, 0) is 42.4 Å². The normalized spacial score (nSPS) is 16.5. The number of amides is 1. The lowest BCUT2D eigenvalue weighted by Crippen LogP contribution is -2.19. The van der Waals surface area contributed by atoms with E-state index in [0.29, 0.717) is 16.3 Å². The molecular formula is C15H13N3OS. The van der Waals surface area contributed by atoms with Gasteiger partial charge in [-0.15, -0.1) is 0 Å². The lowest BCUT2D eigenvalue weighted by molar-refractivity contribution is -0.117. The number of aromatic nitrogens is 1.